The number of aromatic hydroxyl groups is 2. The molecule has 1 rings (SSSR count). The van der Waals surface area contributed by atoms with Crippen molar-refractivity contribution >= 4 is 29.5 Å². The van der Waals surface area contributed by atoms with Crippen molar-refractivity contribution in [1.82, 2.24) is 20.5 Å². The Hall–Kier alpha value is -3.84. The number of rotatable bonds is 121. The van der Waals surface area contributed by atoms with Crippen LogP contribution in [0.1, 0.15) is 19.3 Å². The lowest BCUT2D eigenvalue weighted by atomic mass is 10.4. The van der Waals surface area contributed by atoms with Crippen LogP contribution in [0.25, 0.3) is 0 Å². The number of aromatic nitrogens is 1. The number of thioether (sulfide) groups is 1. The number of amides is 3. The number of hydrogen-bond acceptors (Lipinski definition) is 43. The average molecular weight is 2000 g/mol. The summed E-state index contributed by atoms with van der Waals surface area (Å²) in [4.78, 5) is 36.8. The molecule has 47 heteroatoms. The first kappa shape index (κ1) is 130. The van der Waals surface area contributed by atoms with Gasteiger partial charge in [-0.3, -0.25) is 19.0 Å². The van der Waals surface area contributed by atoms with Crippen molar-refractivity contribution in [2.24, 2.45) is 0 Å². The van der Waals surface area contributed by atoms with E-state index >= 15 is 0 Å². The third-order valence-electron chi connectivity index (χ3n) is 17.2. The monoisotopic (exact) mass is 2000 g/mol. The van der Waals surface area contributed by atoms with Gasteiger partial charge in [-0.25, -0.2) is 0 Å². The van der Waals surface area contributed by atoms with Gasteiger partial charge >= 0.3 is 0 Å². The van der Waals surface area contributed by atoms with Gasteiger partial charge in [-0.05, 0) is 6.26 Å². The molecule has 5 N–H and O–H groups in total. The van der Waals surface area contributed by atoms with Crippen LogP contribution < -0.4 is 16.0 Å². The average Bonchev–Trinajstić information content (AvgIpc) is 1.70. The molecular weight excluding hydrogens is 1830 g/mol. The zero-order chi connectivity index (χ0) is 97.3. The van der Waals surface area contributed by atoms with Crippen LogP contribution in [0.5, 0.6) is 11.8 Å². The van der Waals surface area contributed by atoms with Crippen molar-refractivity contribution in [2.45, 2.75) is 30.7 Å². The van der Waals surface area contributed by atoms with Crippen LogP contribution >= 0.6 is 11.8 Å². The molecule has 0 saturated heterocycles. The predicted molar refractivity (Wildman–Crippen MR) is 494 cm³/mol. The van der Waals surface area contributed by atoms with Crippen LogP contribution in [0.3, 0.4) is 0 Å². The summed E-state index contributed by atoms with van der Waals surface area (Å²) in [6.45, 7) is 34.0. The Kier molecular flexibility index (Phi) is 110. The SMILES string of the molecule is COCCOCCOCCOCCOCCOCCOCCOCCOCCOCCOCCOCCOCCOCCOCCOCCOCCOCCOCCOCCOCCOCCOCCOCCNC(=O)CCOCCNC(=O)CCOCCOCCOCCOCCOCCOCCOCCOCCOCCOCCOCCOCCNC(=O)CCn1c(O)cc(SC)c1O. The van der Waals surface area contributed by atoms with Crippen LogP contribution in [-0.2, 0) is 196 Å². The highest BCUT2D eigenvalue weighted by Crippen LogP contribution is 2.34. The van der Waals surface area contributed by atoms with Crippen LogP contribution in [0.4, 0.5) is 0 Å². The Morgan fingerprint density at radius 2 is 0.346 bits per heavy atom. The normalized spacial score (nSPS) is 11.7. The second-order valence-corrected chi connectivity index (χ2v) is 28.7. The van der Waals surface area contributed by atoms with Crippen LogP contribution in [-0.4, -0.2) is 548 Å². The molecule has 0 aromatic carbocycles. The summed E-state index contributed by atoms with van der Waals surface area (Å²) in [5, 5.41) is 28.3. The van der Waals surface area contributed by atoms with E-state index in [1.54, 1.807) is 13.4 Å². The van der Waals surface area contributed by atoms with E-state index in [1.165, 1.54) is 22.4 Å². The lowest BCUT2D eigenvalue weighted by Crippen LogP contribution is -2.30. The number of methoxy groups -OCH3 is 1. The Labute approximate surface area is 810 Å². The van der Waals surface area contributed by atoms with E-state index in [0.29, 0.717) is 487 Å². The Morgan fingerprint density at radius 3 is 0.493 bits per heavy atom. The van der Waals surface area contributed by atoms with E-state index in [9.17, 15) is 24.6 Å². The van der Waals surface area contributed by atoms with Gasteiger partial charge in [0, 0.05) is 58.6 Å². The first-order valence-electron chi connectivity index (χ1n) is 47.6. The van der Waals surface area contributed by atoms with Crippen molar-refractivity contribution in [3.8, 4) is 11.8 Å². The third kappa shape index (κ3) is 104. The number of nitrogens with one attached hydrogen (secondary N) is 3. The maximum Gasteiger partial charge on any atom is 0.222 e. The minimum Gasteiger partial charge on any atom is -0.494 e. The minimum absolute atomic E-state index is 0.0510. The lowest BCUT2D eigenvalue weighted by Gasteiger charge is -2.09. The van der Waals surface area contributed by atoms with E-state index in [-0.39, 0.29) is 75.1 Å². The standard InChI is InChI=1S/C89H172N4O42S/c1-99-15-16-104-23-24-108-31-32-112-39-40-116-47-48-120-55-56-124-61-62-126-65-66-128-69-70-130-73-74-132-77-78-134-81-82-135-80-79-133-76-75-131-72-71-129-68-67-127-64-63-125-60-59-123-54-51-119-46-43-115-38-35-111-30-27-107-22-19-103-14-8-92-86(95)4-10-100-12-6-91-87(96)5-11-101-17-20-105-25-28-109-33-36-113-41-44-117-49-52-121-57-58-122-53-50-118-45-42-114-37-34-110-29-26-106-21-18-102-13-7-90-85(94)3-9-93-88(97)83-84(136-2)89(93)98/h83,97-98H,3-82H2,1-2H3,(H,90,94)(H,91,96)(H,92,95). The number of carbonyl (C=O) groups is 3. The van der Waals surface area contributed by atoms with Crippen LogP contribution in [0.2, 0.25) is 0 Å². The van der Waals surface area contributed by atoms with Gasteiger partial charge in [0.15, 0.2) is 5.88 Å². The predicted octanol–water partition coefficient (Wildman–Crippen LogP) is 0.384. The molecule has 0 saturated carbocycles. The third-order valence-corrected chi connectivity index (χ3v) is 17.9. The smallest absolute Gasteiger partial charge is 0.222 e. The van der Waals surface area contributed by atoms with Gasteiger partial charge in [-0.2, -0.15) is 0 Å². The molecule has 0 aliphatic rings. The molecular formula is C89H172N4O42S. The van der Waals surface area contributed by atoms with E-state index in [1.807, 2.05) is 0 Å². The molecule has 0 unspecified atom stereocenters. The molecule has 46 nitrogen and oxygen atoms in total. The maximum absolute atomic E-state index is 12.1. The van der Waals surface area contributed by atoms with Gasteiger partial charge in [-0.1, -0.05) is 0 Å². The van der Waals surface area contributed by atoms with E-state index in [4.69, 9.17) is 175 Å². The summed E-state index contributed by atoms with van der Waals surface area (Å²) in [7, 11) is 1.64. The largest absolute Gasteiger partial charge is 0.494 e. The van der Waals surface area contributed by atoms with E-state index < -0.39 is 0 Å². The van der Waals surface area contributed by atoms with Gasteiger partial charge in [0.25, 0.3) is 0 Å². The molecule has 0 aliphatic carbocycles. The molecule has 0 spiro atoms. The van der Waals surface area contributed by atoms with E-state index in [2.05, 4.69) is 16.0 Å². The van der Waals surface area contributed by atoms with Crippen molar-refractivity contribution < 1.29 is 200 Å². The summed E-state index contributed by atoms with van der Waals surface area (Å²) in [5.41, 5.74) is 0. The van der Waals surface area contributed by atoms with Crippen molar-refractivity contribution in [2.75, 3.05) is 515 Å². The molecule has 136 heavy (non-hydrogen) atoms. The molecule has 806 valence electrons. The van der Waals surface area contributed by atoms with Gasteiger partial charge in [0.1, 0.15) is 0 Å². The molecule has 0 radical (unpaired) electrons. The molecule has 1 heterocycles. The number of ether oxygens (including phenoxy) is 37. The highest BCUT2D eigenvalue weighted by molar-refractivity contribution is 7.98. The zero-order valence-electron chi connectivity index (χ0n) is 81.7. The summed E-state index contributed by atoms with van der Waals surface area (Å²) >= 11 is 1.31. The topological polar surface area (TPSA) is 474 Å². The molecule has 0 fully saturated rings. The van der Waals surface area contributed by atoms with Crippen molar-refractivity contribution in [3.63, 3.8) is 0 Å². The van der Waals surface area contributed by atoms with E-state index in [0.717, 1.165) is 0 Å². The lowest BCUT2D eigenvalue weighted by molar-refractivity contribution is -0.124. The molecule has 1 aromatic rings. The Balaban J connectivity index is 1.62. The fourth-order valence-electron chi connectivity index (χ4n) is 10.2. The van der Waals surface area contributed by atoms with Crippen LogP contribution in [0.15, 0.2) is 11.0 Å². The first-order chi connectivity index (χ1) is 67.4. The summed E-state index contributed by atoms with van der Waals surface area (Å²) in [5.74, 6) is -0.654. The molecule has 0 atom stereocenters. The van der Waals surface area contributed by atoms with Gasteiger partial charge in [0.05, 0.1) is 487 Å². The number of hydrogen-bond donors (Lipinski definition) is 5. The fourth-order valence-corrected chi connectivity index (χ4v) is 10.7. The summed E-state index contributed by atoms with van der Waals surface area (Å²) in [6.07, 6.45) is 2.30. The quantitative estimate of drug-likeness (QED) is 0.0435. The second kappa shape index (κ2) is 115. The minimum atomic E-state index is -0.209. The molecule has 3 amide bonds. The van der Waals surface area contributed by atoms with Crippen molar-refractivity contribution in [1.29, 1.82) is 0 Å². The highest BCUT2D eigenvalue weighted by Gasteiger charge is 2.15. The fraction of sp³-hybridized carbons (Fsp3) is 0.921. The van der Waals surface area contributed by atoms with Gasteiger partial charge in [-0.15, -0.1) is 11.8 Å². The number of carbonyl (C=O) groups excluding carboxylic acids is 3. The Bertz CT molecular complexity index is 2540. The molecule has 0 bridgehead atoms. The summed E-state index contributed by atoms with van der Waals surface area (Å²) < 4.78 is 205. The zero-order valence-corrected chi connectivity index (χ0v) is 82.5. The Morgan fingerprint density at radius 1 is 0.213 bits per heavy atom. The number of nitrogens with zero attached hydrogens (tertiary/aromatic N) is 1. The molecule has 0 aliphatic heterocycles. The van der Waals surface area contributed by atoms with Crippen LogP contribution in [0, 0.1) is 0 Å². The van der Waals surface area contributed by atoms with Gasteiger partial charge in [0.2, 0.25) is 23.6 Å². The van der Waals surface area contributed by atoms with Gasteiger partial charge < -0.3 is 201 Å². The summed E-state index contributed by atoms with van der Waals surface area (Å²) in [6, 6.07) is 1.46. The maximum atomic E-state index is 12.1. The first-order valence-corrected chi connectivity index (χ1v) is 48.8. The second-order valence-electron chi connectivity index (χ2n) is 27.9. The molecule has 1 aromatic heterocycles. The highest BCUT2D eigenvalue weighted by atomic mass is 32.2. The van der Waals surface area contributed by atoms with Crippen molar-refractivity contribution in [3.05, 3.63) is 6.07 Å².